The Balaban J connectivity index is 1.80. The monoisotopic (exact) mass is 250 g/mol. The molecule has 0 spiro atoms. The van der Waals surface area contributed by atoms with Crippen molar-refractivity contribution in [3.63, 3.8) is 0 Å². The van der Waals surface area contributed by atoms with E-state index in [2.05, 4.69) is 5.32 Å². The molecular formula is C13H18N2O3. The molecule has 1 N–H and O–H groups in total. The first kappa shape index (κ1) is 12.7. The normalized spacial score (nSPS) is 15.3. The minimum atomic E-state index is -0.0332. The van der Waals surface area contributed by atoms with E-state index < -0.39 is 0 Å². The van der Waals surface area contributed by atoms with Crippen LogP contribution in [0.1, 0.15) is 5.56 Å². The van der Waals surface area contributed by atoms with Gasteiger partial charge in [-0.25, -0.2) is 4.79 Å². The highest BCUT2D eigenvalue weighted by Crippen LogP contribution is 2.11. The summed E-state index contributed by atoms with van der Waals surface area (Å²) < 4.78 is 10.3. The maximum absolute atomic E-state index is 11.8. The first-order valence-corrected chi connectivity index (χ1v) is 6.03. The molecule has 2 amide bonds. The first-order valence-electron chi connectivity index (χ1n) is 6.03. The fraction of sp³-hybridized carbons (Fsp3) is 0.462. The number of morpholine rings is 1. The van der Waals surface area contributed by atoms with Crippen LogP contribution in [0.2, 0.25) is 0 Å². The highest BCUT2D eigenvalue weighted by molar-refractivity contribution is 5.74. The number of urea groups is 1. The summed E-state index contributed by atoms with van der Waals surface area (Å²) >= 11 is 0. The smallest absolute Gasteiger partial charge is 0.317 e. The minimum absolute atomic E-state index is 0.0332. The van der Waals surface area contributed by atoms with Gasteiger partial charge >= 0.3 is 6.03 Å². The number of carbonyl (C=O) groups excluding carboxylic acids is 1. The summed E-state index contributed by atoms with van der Waals surface area (Å²) in [6.07, 6.45) is 0. The summed E-state index contributed by atoms with van der Waals surface area (Å²) in [4.78, 5) is 13.6. The number of hydrogen-bond acceptors (Lipinski definition) is 3. The average Bonchev–Trinajstić information content (AvgIpc) is 2.46. The molecule has 0 bridgehead atoms. The number of rotatable bonds is 3. The Morgan fingerprint density at radius 1 is 1.33 bits per heavy atom. The predicted molar refractivity (Wildman–Crippen MR) is 67.6 cm³/mol. The van der Waals surface area contributed by atoms with Crippen LogP contribution in [0, 0.1) is 0 Å². The summed E-state index contributed by atoms with van der Waals surface area (Å²) in [6.45, 7) is 3.09. The van der Waals surface area contributed by atoms with E-state index in [0.29, 0.717) is 32.8 Å². The number of benzene rings is 1. The number of amides is 2. The quantitative estimate of drug-likeness (QED) is 0.878. The van der Waals surface area contributed by atoms with Crippen molar-refractivity contribution in [2.75, 3.05) is 33.4 Å². The van der Waals surface area contributed by atoms with E-state index in [9.17, 15) is 4.79 Å². The third-order valence-electron chi connectivity index (χ3n) is 2.90. The van der Waals surface area contributed by atoms with Crippen LogP contribution in [-0.2, 0) is 11.3 Å². The summed E-state index contributed by atoms with van der Waals surface area (Å²) in [5, 5.41) is 2.90. The zero-order valence-electron chi connectivity index (χ0n) is 10.5. The Kier molecular flexibility index (Phi) is 4.41. The highest BCUT2D eigenvalue weighted by atomic mass is 16.5. The van der Waals surface area contributed by atoms with Gasteiger partial charge in [0.25, 0.3) is 0 Å². The van der Waals surface area contributed by atoms with Gasteiger partial charge in [-0.1, -0.05) is 12.1 Å². The summed E-state index contributed by atoms with van der Waals surface area (Å²) in [5.74, 6) is 0.818. The van der Waals surface area contributed by atoms with Crippen LogP contribution in [-0.4, -0.2) is 44.3 Å². The van der Waals surface area contributed by atoms with E-state index in [4.69, 9.17) is 9.47 Å². The predicted octanol–water partition coefficient (Wildman–Crippen LogP) is 1.24. The van der Waals surface area contributed by atoms with Gasteiger partial charge in [-0.2, -0.15) is 0 Å². The second-order valence-electron chi connectivity index (χ2n) is 4.11. The zero-order valence-corrected chi connectivity index (χ0v) is 10.5. The van der Waals surface area contributed by atoms with Crippen molar-refractivity contribution in [3.05, 3.63) is 29.8 Å². The maximum Gasteiger partial charge on any atom is 0.317 e. The number of nitrogens with one attached hydrogen (secondary N) is 1. The standard InChI is InChI=1S/C13H18N2O3/c1-17-12-4-2-11(3-5-12)10-14-13(16)15-6-8-18-9-7-15/h2-5H,6-10H2,1H3,(H,14,16). The van der Waals surface area contributed by atoms with Crippen molar-refractivity contribution in [1.82, 2.24) is 10.2 Å². The molecule has 0 aromatic heterocycles. The highest BCUT2D eigenvalue weighted by Gasteiger charge is 2.15. The Bertz CT molecular complexity index is 386. The second-order valence-corrected chi connectivity index (χ2v) is 4.11. The fourth-order valence-corrected chi connectivity index (χ4v) is 1.80. The lowest BCUT2D eigenvalue weighted by molar-refractivity contribution is 0.0531. The lowest BCUT2D eigenvalue weighted by Gasteiger charge is -2.26. The van der Waals surface area contributed by atoms with Crippen LogP contribution in [0.4, 0.5) is 4.79 Å². The zero-order chi connectivity index (χ0) is 12.8. The lowest BCUT2D eigenvalue weighted by atomic mass is 10.2. The number of methoxy groups -OCH3 is 1. The van der Waals surface area contributed by atoms with Gasteiger partial charge < -0.3 is 19.7 Å². The van der Waals surface area contributed by atoms with E-state index in [1.807, 2.05) is 24.3 Å². The van der Waals surface area contributed by atoms with Crippen molar-refractivity contribution in [2.24, 2.45) is 0 Å². The van der Waals surface area contributed by atoms with Crippen LogP contribution in [0.3, 0.4) is 0 Å². The Morgan fingerprint density at radius 3 is 2.61 bits per heavy atom. The third kappa shape index (κ3) is 3.37. The third-order valence-corrected chi connectivity index (χ3v) is 2.90. The van der Waals surface area contributed by atoms with Crippen LogP contribution >= 0.6 is 0 Å². The average molecular weight is 250 g/mol. The number of hydrogen-bond donors (Lipinski definition) is 1. The van der Waals surface area contributed by atoms with Gasteiger partial charge in [0.2, 0.25) is 0 Å². The first-order chi connectivity index (χ1) is 8.79. The van der Waals surface area contributed by atoms with Crippen LogP contribution in [0.25, 0.3) is 0 Å². The Labute approximate surface area is 107 Å². The summed E-state index contributed by atoms with van der Waals surface area (Å²) in [7, 11) is 1.63. The number of nitrogens with zero attached hydrogens (tertiary/aromatic N) is 1. The molecule has 1 fully saturated rings. The van der Waals surface area contributed by atoms with Crippen LogP contribution < -0.4 is 10.1 Å². The van der Waals surface area contributed by atoms with Gasteiger partial charge in [-0.3, -0.25) is 0 Å². The molecule has 5 heteroatoms. The van der Waals surface area contributed by atoms with Gasteiger partial charge in [0.15, 0.2) is 0 Å². The van der Waals surface area contributed by atoms with Crippen molar-refractivity contribution in [3.8, 4) is 5.75 Å². The summed E-state index contributed by atoms with van der Waals surface area (Å²) in [5.41, 5.74) is 1.05. The molecule has 0 aliphatic carbocycles. The molecule has 1 aromatic carbocycles. The van der Waals surface area contributed by atoms with Gasteiger partial charge in [0, 0.05) is 19.6 Å². The Hall–Kier alpha value is -1.75. The van der Waals surface area contributed by atoms with E-state index >= 15 is 0 Å². The molecule has 1 aromatic rings. The van der Waals surface area contributed by atoms with Crippen molar-refractivity contribution in [1.29, 1.82) is 0 Å². The number of carbonyl (C=O) groups is 1. The fourth-order valence-electron chi connectivity index (χ4n) is 1.80. The molecule has 98 valence electrons. The molecule has 1 heterocycles. The maximum atomic E-state index is 11.8. The number of ether oxygens (including phenoxy) is 2. The molecule has 2 rings (SSSR count). The van der Waals surface area contributed by atoms with Crippen molar-refractivity contribution >= 4 is 6.03 Å². The lowest BCUT2D eigenvalue weighted by Crippen LogP contribution is -2.45. The molecule has 1 aliphatic rings. The van der Waals surface area contributed by atoms with E-state index in [1.54, 1.807) is 12.0 Å². The molecule has 1 aliphatic heterocycles. The van der Waals surface area contributed by atoms with Crippen LogP contribution in [0.15, 0.2) is 24.3 Å². The van der Waals surface area contributed by atoms with E-state index in [-0.39, 0.29) is 6.03 Å². The van der Waals surface area contributed by atoms with Crippen molar-refractivity contribution < 1.29 is 14.3 Å². The van der Waals surface area contributed by atoms with Gasteiger partial charge in [-0.05, 0) is 17.7 Å². The van der Waals surface area contributed by atoms with Gasteiger partial charge in [0.05, 0.1) is 20.3 Å². The van der Waals surface area contributed by atoms with Crippen LogP contribution in [0.5, 0.6) is 5.75 Å². The largest absolute Gasteiger partial charge is 0.497 e. The van der Waals surface area contributed by atoms with Gasteiger partial charge in [-0.15, -0.1) is 0 Å². The summed E-state index contributed by atoms with van der Waals surface area (Å²) in [6, 6.07) is 7.62. The molecular weight excluding hydrogens is 232 g/mol. The molecule has 1 saturated heterocycles. The molecule has 0 saturated carbocycles. The van der Waals surface area contributed by atoms with Crippen molar-refractivity contribution in [2.45, 2.75) is 6.54 Å². The minimum Gasteiger partial charge on any atom is -0.497 e. The van der Waals surface area contributed by atoms with E-state index in [0.717, 1.165) is 11.3 Å². The molecule has 0 radical (unpaired) electrons. The second kappa shape index (κ2) is 6.26. The van der Waals surface area contributed by atoms with E-state index in [1.165, 1.54) is 0 Å². The molecule has 18 heavy (non-hydrogen) atoms. The molecule has 5 nitrogen and oxygen atoms in total. The molecule has 0 unspecified atom stereocenters. The topological polar surface area (TPSA) is 50.8 Å². The van der Waals surface area contributed by atoms with Gasteiger partial charge in [0.1, 0.15) is 5.75 Å². The SMILES string of the molecule is COc1ccc(CNC(=O)N2CCOCC2)cc1. The molecule has 0 atom stereocenters. The Morgan fingerprint density at radius 2 is 2.00 bits per heavy atom.